The fourth-order valence-electron chi connectivity index (χ4n) is 11.9. The number of nitrogens with zero attached hydrogens (tertiary/aromatic N) is 4. The standard InChI is InChI=1S/C57H72ClFN4O10S/c1-39(40(2)74(66,67)63(31-41-9-15-48(68-3)16-10-41)32-42-11-17-49(69-4)18-12-42)8-21-53(59)57(65,37-60-24-25-61-26-28-71-35-47(61)34-60)54-45(22-27-72-54)33-62-36-56(23-6-7-43-29-46(58)14-19-50(43)56)38-73-52-20-13-44(30-51(52)62)55(64)70-5/h9-21,29-30,39-40,45,47,54,65H,6-8,22-28,31-38H2,1-5H3/b53-21-/t39-,40+,45-,47-,54+,56-,57?/m0/s1. The van der Waals surface area contributed by atoms with Gasteiger partial charge in [-0.3, -0.25) is 9.80 Å². The second-order valence-electron chi connectivity index (χ2n) is 21.0. The minimum Gasteiger partial charge on any atom is -0.497 e. The third-order valence-electron chi connectivity index (χ3n) is 16.3. The maximum absolute atomic E-state index is 17.9. The molecule has 4 aromatic carbocycles. The molecule has 1 N–H and O–H groups in total. The number of aliphatic hydroxyl groups is 1. The number of esters is 1. The molecule has 1 spiro atoms. The Morgan fingerprint density at radius 2 is 1.68 bits per heavy atom. The lowest BCUT2D eigenvalue weighted by molar-refractivity contribution is -0.114. The van der Waals surface area contributed by atoms with Gasteiger partial charge in [-0.2, -0.15) is 4.31 Å². The predicted octanol–water partition coefficient (Wildman–Crippen LogP) is 8.07. The number of rotatable bonds is 18. The number of fused-ring (bicyclic) bond motifs is 4. The van der Waals surface area contributed by atoms with Crippen LogP contribution in [0.5, 0.6) is 17.2 Å². The number of methoxy groups -OCH3 is 3. The number of benzene rings is 4. The number of β-amino-alcohol motifs (C(OH)–C–C–N with tert-alkyl or cyclic N) is 1. The first-order valence-corrected chi connectivity index (χ1v) is 27.9. The molecule has 0 radical (unpaired) electrons. The highest BCUT2D eigenvalue weighted by atomic mass is 35.5. The van der Waals surface area contributed by atoms with Gasteiger partial charge in [-0.1, -0.05) is 48.9 Å². The van der Waals surface area contributed by atoms with E-state index in [0.717, 1.165) is 43.5 Å². The van der Waals surface area contributed by atoms with Crippen LogP contribution >= 0.6 is 11.6 Å². The van der Waals surface area contributed by atoms with Gasteiger partial charge in [0, 0.05) is 87.9 Å². The highest BCUT2D eigenvalue weighted by molar-refractivity contribution is 7.89. The number of sulfonamides is 1. The van der Waals surface area contributed by atoms with Gasteiger partial charge in [-0.05, 0) is 128 Å². The van der Waals surface area contributed by atoms with Crippen LogP contribution < -0.4 is 19.1 Å². The van der Waals surface area contributed by atoms with Crippen molar-refractivity contribution in [1.29, 1.82) is 0 Å². The molecule has 4 heterocycles. The molecule has 3 saturated heterocycles. The van der Waals surface area contributed by atoms with Gasteiger partial charge in [0.2, 0.25) is 10.0 Å². The van der Waals surface area contributed by atoms with Gasteiger partial charge < -0.3 is 38.4 Å². The van der Waals surface area contributed by atoms with Crippen LogP contribution in [0.1, 0.15) is 72.1 Å². The minimum absolute atomic E-state index is 0.0359. The fraction of sp³-hybridized carbons (Fsp3) is 0.526. The Bertz CT molecular complexity index is 2680. The molecule has 0 bridgehead atoms. The summed E-state index contributed by atoms with van der Waals surface area (Å²) in [6.45, 7) is 9.24. The number of hydrogen-bond donors (Lipinski definition) is 1. The highest BCUT2D eigenvalue weighted by Crippen LogP contribution is 2.46. The molecule has 1 unspecified atom stereocenters. The van der Waals surface area contributed by atoms with Gasteiger partial charge in [0.25, 0.3) is 0 Å². The number of piperazine rings is 1. The van der Waals surface area contributed by atoms with Crippen LogP contribution in [0.25, 0.3) is 0 Å². The topological polar surface area (TPSA) is 140 Å². The third-order valence-corrected chi connectivity index (χ3v) is 19.0. The normalized spacial score (nSPS) is 24.2. The summed E-state index contributed by atoms with van der Waals surface area (Å²) in [5.41, 5.74) is 2.46. The first kappa shape index (κ1) is 54.0. The van der Waals surface area contributed by atoms with E-state index in [0.29, 0.717) is 92.5 Å². The summed E-state index contributed by atoms with van der Waals surface area (Å²) in [6.07, 6.45) is 3.66. The molecule has 0 saturated carbocycles. The van der Waals surface area contributed by atoms with Crippen LogP contribution in [-0.2, 0) is 49.2 Å². The summed E-state index contributed by atoms with van der Waals surface area (Å²) in [5.74, 6) is -0.222. The molecule has 4 aromatic rings. The quantitative estimate of drug-likeness (QED) is 0.0963. The lowest BCUT2D eigenvalue weighted by Gasteiger charge is -2.47. The summed E-state index contributed by atoms with van der Waals surface area (Å²) in [5, 5.41) is 13.1. The number of halogens is 2. The van der Waals surface area contributed by atoms with Crippen LogP contribution in [0, 0.1) is 11.8 Å². The van der Waals surface area contributed by atoms with Crippen molar-refractivity contribution in [2.45, 2.75) is 87.5 Å². The molecule has 3 fully saturated rings. The first-order chi connectivity index (χ1) is 35.6. The number of hydrogen-bond acceptors (Lipinski definition) is 13. The molecule has 9 rings (SSSR count). The smallest absolute Gasteiger partial charge is 0.337 e. The van der Waals surface area contributed by atoms with E-state index in [-0.39, 0.29) is 38.0 Å². The largest absolute Gasteiger partial charge is 0.497 e. The lowest BCUT2D eigenvalue weighted by atomic mass is 9.70. The summed E-state index contributed by atoms with van der Waals surface area (Å²) >= 11 is 6.55. The van der Waals surface area contributed by atoms with E-state index in [4.69, 9.17) is 40.0 Å². The van der Waals surface area contributed by atoms with Crippen LogP contribution in [0.3, 0.4) is 0 Å². The van der Waals surface area contributed by atoms with Crippen molar-refractivity contribution >= 4 is 33.3 Å². The van der Waals surface area contributed by atoms with Gasteiger partial charge in [-0.15, -0.1) is 0 Å². The number of morpholine rings is 1. The van der Waals surface area contributed by atoms with Crippen LogP contribution in [-0.4, -0.2) is 150 Å². The Balaban J connectivity index is 1.02. The number of carbonyl (C=O) groups excluding carboxylic acids is 1. The fourth-order valence-corrected chi connectivity index (χ4v) is 13.9. The third kappa shape index (κ3) is 11.6. The molecular formula is C57H72ClFN4O10S. The van der Waals surface area contributed by atoms with E-state index >= 15 is 4.39 Å². The van der Waals surface area contributed by atoms with Crippen molar-refractivity contribution in [2.24, 2.45) is 11.8 Å². The van der Waals surface area contributed by atoms with Crippen LogP contribution in [0.2, 0.25) is 5.02 Å². The van der Waals surface area contributed by atoms with Crippen molar-refractivity contribution in [3.63, 3.8) is 0 Å². The van der Waals surface area contributed by atoms with Gasteiger partial charge in [0.1, 0.15) is 23.1 Å². The zero-order chi connectivity index (χ0) is 52.2. The summed E-state index contributed by atoms with van der Waals surface area (Å²) in [4.78, 5) is 19.8. The van der Waals surface area contributed by atoms with E-state index in [1.54, 1.807) is 57.5 Å². The van der Waals surface area contributed by atoms with E-state index in [1.165, 1.54) is 28.6 Å². The Labute approximate surface area is 441 Å². The molecule has 74 heavy (non-hydrogen) atoms. The number of anilines is 1. The van der Waals surface area contributed by atoms with Crippen LogP contribution in [0.4, 0.5) is 10.1 Å². The van der Waals surface area contributed by atoms with Crippen molar-refractivity contribution in [3.05, 3.63) is 130 Å². The minimum atomic E-state index is -4.00. The Kier molecular flexibility index (Phi) is 17.0. The molecule has 14 nitrogen and oxygen atoms in total. The Hall–Kier alpha value is -4.78. The molecule has 5 aliphatic rings. The lowest BCUT2D eigenvalue weighted by Crippen LogP contribution is -2.62. The Morgan fingerprint density at radius 3 is 2.36 bits per heavy atom. The van der Waals surface area contributed by atoms with E-state index in [2.05, 4.69) is 20.8 Å². The van der Waals surface area contributed by atoms with Crippen molar-refractivity contribution in [3.8, 4) is 17.2 Å². The zero-order valence-corrected chi connectivity index (χ0v) is 44.9. The summed E-state index contributed by atoms with van der Waals surface area (Å²) in [6, 6.07) is 26.1. The van der Waals surface area contributed by atoms with Gasteiger partial charge in [-0.25, -0.2) is 17.6 Å². The molecule has 7 atom stereocenters. The van der Waals surface area contributed by atoms with Crippen LogP contribution in [0.15, 0.2) is 96.8 Å². The molecule has 0 aromatic heterocycles. The predicted molar refractivity (Wildman–Crippen MR) is 284 cm³/mol. The maximum atomic E-state index is 17.9. The summed E-state index contributed by atoms with van der Waals surface area (Å²) < 4.78 is 84.0. The van der Waals surface area contributed by atoms with Crippen molar-refractivity contribution in [2.75, 3.05) is 98.5 Å². The number of ether oxygens (including phenoxy) is 6. The van der Waals surface area contributed by atoms with Crippen molar-refractivity contribution < 1.29 is 51.1 Å². The van der Waals surface area contributed by atoms with Crippen molar-refractivity contribution in [1.82, 2.24) is 14.1 Å². The van der Waals surface area contributed by atoms with Gasteiger partial charge >= 0.3 is 5.97 Å². The van der Waals surface area contributed by atoms with E-state index in [9.17, 15) is 18.3 Å². The Morgan fingerprint density at radius 1 is 0.959 bits per heavy atom. The van der Waals surface area contributed by atoms with Gasteiger partial charge in [0.05, 0.1) is 63.8 Å². The number of aryl methyl sites for hydroxylation is 1. The zero-order valence-electron chi connectivity index (χ0n) is 43.3. The first-order valence-electron chi connectivity index (χ1n) is 26.0. The monoisotopic (exact) mass is 1060 g/mol. The second-order valence-corrected chi connectivity index (χ2v) is 23.7. The van der Waals surface area contributed by atoms with Gasteiger partial charge in [0.15, 0.2) is 5.60 Å². The molecule has 400 valence electrons. The second kappa shape index (κ2) is 23.2. The molecule has 4 aliphatic heterocycles. The van der Waals surface area contributed by atoms with E-state index in [1.807, 2.05) is 49.4 Å². The molecule has 0 amide bonds. The van der Waals surface area contributed by atoms with E-state index < -0.39 is 50.1 Å². The maximum Gasteiger partial charge on any atom is 0.337 e. The number of allylic oxidation sites excluding steroid dienone is 1. The molecule has 17 heteroatoms. The average molecular weight is 1060 g/mol. The SMILES string of the molecule is COC(=O)c1ccc2c(c1)N(C[C@@H]1CCO[C@H]1C(O)(CN1CCN3CCOC[C@@H]3C1)/C(F)=C/C[C@H](C)[C@@H](C)S(=O)(=O)N(Cc1ccc(OC)cc1)Cc1ccc(OC)cc1)C[C@@]1(CCCc3cc(Cl)ccc31)CO2. The average Bonchev–Trinajstić information content (AvgIpc) is 3.84. The molecular weight excluding hydrogens is 987 g/mol. The number of carbonyl (C=O) groups is 1. The molecule has 1 aliphatic carbocycles. The highest BCUT2D eigenvalue weighted by Gasteiger charge is 2.52. The summed E-state index contributed by atoms with van der Waals surface area (Å²) in [7, 11) is 0.523.